The van der Waals surface area contributed by atoms with Crippen LogP contribution in [0.2, 0.25) is 5.02 Å². The van der Waals surface area contributed by atoms with Gasteiger partial charge in [-0.1, -0.05) is 18.5 Å². The van der Waals surface area contributed by atoms with Gasteiger partial charge in [0.25, 0.3) is 0 Å². The van der Waals surface area contributed by atoms with Gasteiger partial charge in [0.1, 0.15) is 5.75 Å². The van der Waals surface area contributed by atoms with Gasteiger partial charge in [-0.05, 0) is 37.0 Å². The summed E-state index contributed by atoms with van der Waals surface area (Å²) in [6.07, 6.45) is 2.95. The first-order chi connectivity index (χ1) is 7.10. The summed E-state index contributed by atoms with van der Waals surface area (Å²) in [5.41, 5.74) is 8.20. The molecule has 1 fully saturated rings. The lowest BCUT2D eigenvalue weighted by Crippen LogP contribution is -2.20. The van der Waals surface area contributed by atoms with Gasteiger partial charge in [-0.25, -0.2) is 0 Å². The van der Waals surface area contributed by atoms with E-state index in [-0.39, 0.29) is 5.54 Å². The molecule has 0 bridgehead atoms. The van der Waals surface area contributed by atoms with Crippen LogP contribution in [0.1, 0.15) is 30.9 Å². The van der Waals surface area contributed by atoms with Gasteiger partial charge < -0.3 is 10.5 Å². The fourth-order valence-electron chi connectivity index (χ4n) is 1.93. The summed E-state index contributed by atoms with van der Waals surface area (Å²) in [5, 5.41) is 0.749. The SMILES string of the molecule is CCc1cc(Cl)cc(C2(N)CC2)c1OC. The highest BCUT2D eigenvalue weighted by Gasteiger charge is 2.42. The minimum Gasteiger partial charge on any atom is -0.496 e. The van der Waals surface area contributed by atoms with Crippen molar-refractivity contribution in [1.29, 1.82) is 0 Å². The van der Waals surface area contributed by atoms with Gasteiger partial charge in [0.2, 0.25) is 0 Å². The fourth-order valence-corrected chi connectivity index (χ4v) is 2.17. The van der Waals surface area contributed by atoms with Crippen molar-refractivity contribution in [1.82, 2.24) is 0 Å². The van der Waals surface area contributed by atoms with Crippen molar-refractivity contribution in [2.45, 2.75) is 31.7 Å². The molecular weight excluding hydrogens is 210 g/mol. The van der Waals surface area contributed by atoms with Crippen molar-refractivity contribution in [3.05, 3.63) is 28.3 Å². The van der Waals surface area contributed by atoms with Gasteiger partial charge in [-0.15, -0.1) is 0 Å². The Labute approximate surface area is 95.4 Å². The van der Waals surface area contributed by atoms with Crippen molar-refractivity contribution in [3.63, 3.8) is 0 Å². The summed E-state index contributed by atoms with van der Waals surface area (Å²) in [7, 11) is 1.69. The smallest absolute Gasteiger partial charge is 0.127 e. The summed E-state index contributed by atoms with van der Waals surface area (Å²) in [5.74, 6) is 0.918. The van der Waals surface area contributed by atoms with Crippen molar-refractivity contribution in [2.75, 3.05) is 7.11 Å². The molecule has 0 atom stereocenters. The number of benzene rings is 1. The first-order valence-corrected chi connectivity index (χ1v) is 5.64. The van der Waals surface area contributed by atoms with E-state index >= 15 is 0 Å². The van der Waals surface area contributed by atoms with E-state index < -0.39 is 0 Å². The lowest BCUT2D eigenvalue weighted by molar-refractivity contribution is 0.400. The molecule has 0 spiro atoms. The highest BCUT2D eigenvalue weighted by atomic mass is 35.5. The quantitative estimate of drug-likeness (QED) is 0.859. The molecule has 82 valence electrons. The van der Waals surface area contributed by atoms with Crippen LogP contribution in [0.25, 0.3) is 0 Å². The van der Waals surface area contributed by atoms with E-state index in [4.69, 9.17) is 22.1 Å². The zero-order valence-electron chi connectivity index (χ0n) is 9.14. The molecule has 0 amide bonds. The van der Waals surface area contributed by atoms with E-state index in [0.717, 1.165) is 41.2 Å². The van der Waals surface area contributed by atoms with Crippen LogP contribution in [0.3, 0.4) is 0 Å². The molecule has 1 saturated carbocycles. The Kier molecular flexibility index (Phi) is 2.65. The molecule has 1 aromatic rings. The third-order valence-corrected chi connectivity index (χ3v) is 3.26. The second-order valence-corrected chi connectivity index (χ2v) is 4.59. The number of ether oxygens (including phenoxy) is 1. The molecule has 0 aromatic heterocycles. The van der Waals surface area contributed by atoms with E-state index in [1.54, 1.807) is 7.11 Å². The summed E-state index contributed by atoms with van der Waals surface area (Å²) in [6, 6.07) is 3.89. The zero-order valence-corrected chi connectivity index (χ0v) is 9.90. The number of nitrogens with two attached hydrogens (primary N) is 1. The fraction of sp³-hybridized carbons (Fsp3) is 0.500. The zero-order chi connectivity index (χ0) is 11.1. The van der Waals surface area contributed by atoms with Crippen molar-refractivity contribution >= 4 is 11.6 Å². The monoisotopic (exact) mass is 225 g/mol. The number of halogens is 1. The van der Waals surface area contributed by atoms with Crippen LogP contribution >= 0.6 is 11.6 Å². The molecule has 2 rings (SSSR count). The molecule has 1 aromatic carbocycles. The number of aryl methyl sites for hydroxylation is 1. The number of hydrogen-bond acceptors (Lipinski definition) is 2. The number of rotatable bonds is 3. The Morgan fingerprint density at radius 2 is 2.13 bits per heavy atom. The Morgan fingerprint density at radius 3 is 2.60 bits per heavy atom. The molecule has 2 nitrogen and oxygen atoms in total. The average molecular weight is 226 g/mol. The predicted molar refractivity (Wildman–Crippen MR) is 62.5 cm³/mol. The Bertz CT molecular complexity index is 385. The maximum Gasteiger partial charge on any atom is 0.127 e. The Balaban J connectivity index is 2.56. The minimum absolute atomic E-state index is 0.194. The van der Waals surface area contributed by atoms with Gasteiger partial charge >= 0.3 is 0 Å². The molecule has 0 aliphatic heterocycles. The van der Waals surface area contributed by atoms with Gasteiger partial charge in [0.05, 0.1) is 7.11 Å². The van der Waals surface area contributed by atoms with Crippen LogP contribution in [-0.2, 0) is 12.0 Å². The predicted octanol–water partition coefficient (Wildman–Crippen LogP) is 2.86. The lowest BCUT2D eigenvalue weighted by Gasteiger charge is -2.17. The third-order valence-electron chi connectivity index (χ3n) is 3.04. The highest BCUT2D eigenvalue weighted by molar-refractivity contribution is 6.30. The molecule has 1 aliphatic rings. The lowest BCUT2D eigenvalue weighted by atomic mass is 9.99. The standard InChI is InChI=1S/C12H16ClNO/c1-3-8-6-9(13)7-10(11(8)15-2)12(14)4-5-12/h6-7H,3-5,14H2,1-2H3. The molecule has 0 saturated heterocycles. The molecule has 1 aliphatic carbocycles. The second-order valence-electron chi connectivity index (χ2n) is 4.16. The molecule has 15 heavy (non-hydrogen) atoms. The van der Waals surface area contributed by atoms with Crippen LogP contribution in [0, 0.1) is 0 Å². The molecule has 0 unspecified atom stereocenters. The van der Waals surface area contributed by atoms with Gasteiger partial charge in [0.15, 0.2) is 0 Å². The van der Waals surface area contributed by atoms with E-state index in [1.807, 2.05) is 12.1 Å². The second kappa shape index (κ2) is 3.69. The maximum absolute atomic E-state index is 6.20. The Morgan fingerprint density at radius 1 is 1.47 bits per heavy atom. The summed E-state index contributed by atoms with van der Waals surface area (Å²) < 4.78 is 5.45. The van der Waals surface area contributed by atoms with Crippen molar-refractivity contribution in [3.8, 4) is 5.75 Å². The van der Waals surface area contributed by atoms with E-state index in [0.29, 0.717) is 0 Å². The number of hydrogen-bond donors (Lipinski definition) is 1. The molecule has 3 heteroatoms. The largest absolute Gasteiger partial charge is 0.496 e. The van der Waals surface area contributed by atoms with Crippen molar-refractivity contribution < 1.29 is 4.74 Å². The van der Waals surface area contributed by atoms with Crippen LogP contribution in [0.5, 0.6) is 5.75 Å². The first-order valence-electron chi connectivity index (χ1n) is 5.26. The topological polar surface area (TPSA) is 35.2 Å². The van der Waals surface area contributed by atoms with Gasteiger partial charge in [-0.3, -0.25) is 0 Å². The number of methoxy groups -OCH3 is 1. The Hall–Kier alpha value is -0.730. The van der Waals surface area contributed by atoms with E-state index in [9.17, 15) is 0 Å². The van der Waals surface area contributed by atoms with Crippen molar-refractivity contribution in [2.24, 2.45) is 5.73 Å². The van der Waals surface area contributed by atoms with E-state index in [1.165, 1.54) is 0 Å². The van der Waals surface area contributed by atoms with Gasteiger partial charge in [-0.2, -0.15) is 0 Å². The van der Waals surface area contributed by atoms with E-state index in [2.05, 4.69) is 6.92 Å². The molecule has 0 heterocycles. The van der Waals surface area contributed by atoms with Crippen LogP contribution in [0.4, 0.5) is 0 Å². The summed E-state index contributed by atoms with van der Waals surface area (Å²) >= 11 is 6.08. The highest BCUT2D eigenvalue weighted by Crippen LogP contribution is 2.48. The minimum atomic E-state index is -0.194. The van der Waals surface area contributed by atoms with Crippen LogP contribution in [0.15, 0.2) is 12.1 Å². The molecule has 0 radical (unpaired) electrons. The molecule has 2 N–H and O–H groups in total. The summed E-state index contributed by atoms with van der Waals surface area (Å²) in [6.45, 7) is 2.09. The normalized spacial score (nSPS) is 17.6. The van der Waals surface area contributed by atoms with Crippen LogP contribution < -0.4 is 10.5 Å². The molecular formula is C12H16ClNO. The first kappa shape index (κ1) is 10.8. The summed E-state index contributed by atoms with van der Waals surface area (Å²) in [4.78, 5) is 0. The van der Waals surface area contributed by atoms with Crippen LogP contribution in [-0.4, -0.2) is 7.11 Å². The third kappa shape index (κ3) is 1.84. The maximum atomic E-state index is 6.20. The average Bonchev–Trinajstić information content (AvgIpc) is 2.96. The van der Waals surface area contributed by atoms with Gasteiger partial charge in [0, 0.05) is 16.1 Å².